The van der Waals surface area contributed by atoms with E-state index >= 15 is 0 Å². The van der Waals surface area contributed by atoms with Crippen LogP contribution in [0.5, 0.6) is 0 Å². The number of rotatable bonds is 12. The number of hydrogen-bond donors (Lipinski definition) is 7. The van der Waals surface area contributed by atoms with E-state index in [4.69, 9.17) is 5.73 Å². The molecule has 0 aliphatic heterocycles. The Morgan fingerprint density at radius 1 is 0.969 bits per heavy atom. The largest absolute Gasteiger partial charge is 0.480 e. The SMILES string of the molecule is CC(C)C(NC(=O)C(Cc1cnc[nH]1)NC(=O)C(NC(=O)C(N)C(C)O)C(C)C)C(=O)O. The quantitative estimate of drug-likeness (QED) is 0.198. The maximum Gasteiger partial charge on any atom is 0.326 e. The van der Waals surface area contributed by atoms with Crippen molar-refractivity contribution in [1.29, 1.82) is 0 Å². The number of carboxylic acid groups (broad SMARTS) is 1. The third kappa shape index (κ3) is 7.93. The van der Waals surface area contributed by atoms with Crippen LogP contribution in [-0.4, -0.2) is 74.1 Å². The normalized spacial score (nSPS) is 16.0. The van der Waals surface area contributed by atoms with Gasteiger partial charge in [0, 0.05) is 18.3 Å². The minimum absolute atomic E-state index is 0.0218. The minimum atomic E-state index is -1.23. The number of amides is 3. The third-order valence-corrected chi connectivity index (χ3v) is 4.91. The Bertz CT molecular complexity index is 780. The maximum absolute atomic E-state index is 13.0. The van der Waals surface area contributed by atoms with Crippen molar-refractivity contribution < 1.29 is 29.4 Å². The van der Waals surface area contributed by atoms with Gasteiger partial charge in [-0.2, -0.15) is 0 Å². The fourth-order valence-electron chi connectivity index (χ4n) is 2.86. The number of H-pyrrole nitrogens is 1. The molecule has 32 heavy (non-hydrogen) atoms. The molecule has 0 radical (unpaired) electrons. The summed E-state index contributed by atoms with van der Waals surface area (Å²) in [5.74, 6) is -4.00. The molecule has 8 N–H and O–H groups in total. The van der Waals surface area contributed by atoms with Crippen LogP contribution >= 0.6 is 0 Å². The van der Waals surface area contributed by atoms with Gasteiger partial charge in [0.2, 0.25) is 17.7 Å². The van der Waals surface area contributed by atoms with Crippen molar-refractivity contribution in [3.63, 3.8) is 0 Å². The number of nitrogens with zero attached hydrogens (tertiary/aromatic N) is 1. The molecule has 1 aromatic rings. The van der Waals surface area contributed by atoms with Crippen LogP contribution in [0, 0.1) is 11.8 Å². The fraction of sp³-hybridized carbons (Fsp3) is 0.650. The van der Waals surface area contributed by atoms with E-state index in [0.717, 1.165) is 0 Å². The van der Waals surface area contributed by atoms with E-state index in [0.29, 0.717) is 5.69 Å². The zero-order valence-electron chi connectivity index (χ0n) is 19.0. The maximum atomic E-state index is 13.0. The van der Waals surface area contributed by atoms with Crippen LogP contribution in [0.4, 0.5) is 0 Å². The van der Waals surface area contributed by atoms with Crippen LogP contribution in [0.3, 0.4) is 0 Å². The Balaban J connectivity index is 3.05. The van der Waals surface area contributed by atoms with Crippen molar-refractivity contribution in [2.45, 2.75) is 71.3 Å². The van der Waals surface area contributed by atoms with Crippen molar-refractivity contribution in [2.75, 3.05) is 0 Å². The molecule has 3 amide bonds. The van der Waals surface area contributed by atoms with Crippen LogP contribution < -0.4 is 21.7 Å². The molecule has 0 aromatic carbocycles. The summed E-state index contributed by atoms with van der Waals surface area (Å²) in [4.78, 5) is 56.3. The highest BCUT2D eigenvalue weighted by molar-refractivity contribution is 5.94. The van der Waals surface area contributed by atoms with Gasteiger partial charge in [0.05, 0.1) is 12.4 Å². The second-order valence-electron chi connectivity index (χ2n) is 8.41. The first-order valence-corrected chi connectivity index (χ1v) is 10.4. The highest BCUT2D eigenvalue weighted by Gasteiger charge is 2.33. The molecule has 0 aliphatic carbocycles. The second-order valence-corrected chi connectivity index (χ2v) is 8.41. The van der Waals surface area contributed by atoms with Gasteiger partial charge in [0.1, 0.15) is 24.2 Å². The van der Waals surface area contributed by atoms with Gasteiger partial charge in [-0.1, -0.05) is 27.7 Å². The van der Waals surface area contributed by atoms with Gasteiger partial charge in [-0.3, -0.25) is 14.4 Å². The lowest BCUT2D eigenvalue weighted by molar-refractivity contribution is -0.143. The fourth-order valence-corrected chi connectivity index (χ4v) is 2.86. The lowest BCUT2D eigenvalue weighted by atomic mass is 10.0. The highest BCUT2D eigenvalue weighted by atomic mass is 16.4. The summed E-state index contributed by atoms with van der Waals surface area (Å²) in [5.41, 5.74) is 6.18. The van der Waals surface area contributed by atoms with Crippen molar-refractivity contribution in [1.82, 2.24) is 25.9 Å². The van der Waals surface area contributed by atoms with Gasteiger partial charge in [0.15, 0.2) is 0 Å². The smallest absolute Gasteiger partial charge is 0.326 e. The molecule has 0 bridgehead atoms. The first-order chi connectivity index (χ1) is 14.8. The molecule has 0 saturated heterocycles. The Kier molecular flexibility index (Phi) is 10.3. The number of aliphatic carboxylic acids is 1. The summed E-state index contributed by atoms with van der Waals surface area (Å²) >= 11 is 0. The molecule has 0 saturated carbocycles. The van der Waals surface area contributed by atoms with Crippen LogP contribution in [0.25, 0.3) is 0 Å². The molecule has 0 fully saturated rings. The number of aliphatic hydroxyl groups is 1. The average molecular weight is 455 g/mol. The summed E-state index contributed by atoms with van der Waals surface area (Å²) in [6.07, 6.45) is 1.80. The van der Waals surface area contributed by atoms with E-state index in [1.165, 1.54) is 19.4 Å². The molecule has 1 heterocycles. The zero-order chi connectivity index (χ0) is 24.6. The number of aliphatic hydroxyl groups excluding tert-OH is 1. The number of imidazole rings is 1. The topological polar surface area (TPSA) is 200 Å². The molecule has 0 aliphatic rings. The molecule has 1 aromatic heterocycles. The van der Waals surface area contributed by atoms with Crippen molar-refractivity contribution >= 4 is 23.7 Å². The number of aromatic amines is 1. The molecule has 1 rings (SSSR count). The molecule has 12 nitrogen and oxygen atoms in total. The summed E-state index contributed by atoms with van der Waals surface area (Å²) < 4.78 is 0. The van der Waals surface area contributed by atoms with Crippen molar-refractivity contribution in [2.24, 2.45) is 17.6 Å². The van der Waals surface area contributed by atoms with E-state index < -0.39 is 54.0 Å². The summed E-state index contributed by atoms with van der Waals surface area (Å²) in [6.45, 7) is 8.05. The van der Waals surface area contributed by atoms with Gasteiger partial charge in [-0.25, -0.2) is 9.78 Å². The van der Waals surface area contributed by atoms with E-state index in [9.17, 15) is 29.4 Å². The standard InChI is InChI=1S/C20H34N6O6/c1-9(2)15(25-18(29)14(21)11(5)27)19(30)24-13(6-12-7-22-8-23-12)17(28)26-16(10(3)4)20(31)32/h7-11,13-16,27H,6,21H2,1-5H3,(H,22,23)(H,24,30)(H,25,29)(H,26,28)(H,31,32). The first kappa shape index (κ1) is 27.0. The van der Waals surface area contributed by atoms with E-state index in [1.807, 2.05) is 0 Å². The summed E-state index contributed by atoms with van der Waals surface area (Å²) in [7, 11) is 0. The number of carboxylic acids is 1. The van der Waals surface area contributed by atoms with Gasteiger partial charge in [0.25, 0.3) is 0 Å². The Labute approximate surface area is 186 Å². The van der Waals surface area contributed by atoms with Crippen LogP contribution in [0.15, 0.2) is 12.5 Å². The summed E-state index contributed by atoms with van der Waals surface area (Å²) in [5, 5.41) is 26.4. The van der Waals surface area contributed by atoms with Crippen molar-refractivity contribution in [3.8, 4) is 0 Å². The van der Waals surface area contributed by atoms with Crippen LogP contribution in [-0.2, 0) is 25.6 Å². The Hall–Kier alpha value is -2.99. The lowest BCUT2D eigenvalue weighted by Crippen LogP contribution is -2.60. The minimum Gasteiger partial charge on any atom is -0.480 e. The third-order valence-electron chi connectivity index (χ3n) is 4.91. The number of carbonyl (C=O) groups is 4. The van der Waals surface area contributed by atoms with Gasteiger partial charge in [-0.05, 0) is 18.8 Å². The van der Waals surface area contributed by atoms with Crippen molar-refractivity contribution in [3.05, 3.63) is 18.2 Å². The molecular weight excluding hydrogens is 420 g/mol. The number of nitrogens with one attached hydrogen (secondary N) is 4. The number of carbonyl (C=O) groups excluding carboxylic acids is 3. The Morgan fingerprint density at radius 2 is 1.53 bits per heavy atom. The number of aromatic nitrogens is 2. The molecule has 5 unspecified atom stereocenters. The molecule has 0 spiro atoms. The predicted molar refractivity (Wildman–Crippen MR) is 115 cm³/mol. The first-order valence-electron chi connectivity index (χ1n) is 10.4. The van der Waals surface area contributed by atoms with Gasteiger partial charge in [-0.15, -0.1) is 0 Å². The zero-order valence-corrected chi connectivity index (χ0v) is 19.0. The van der Waals surface area contributed by atoms with E-state index in [2.05, 4.69) is 25.9 Å². The molecular formula is C20H34N6O6. The highest BCUT2D eigenvalue weighted by Crippen LogP contribution is 2.08. The second kappa shape index (κ2) is 12.2. The van der Waals surface area contributed by atoms with Gasteiger partial charge >= 0.3 is 5.97 Å². The van der Waals surface area contributed by atoms with Crippen LogP contribution in [0.2, 0.25) is 0 Å². The number of hydrogen-bond acceptors (Lipinski definition) is 7. The predicted octanol–water partition coefficient (Wildman–Crippen LogP) is -1.49. The average Bonchev–Trinajstić information content (AvgIpc) is 3.20. The monoisotopic (exact) mass is 454 g/mol. The van der Waals surface area contributed by atoms with Crippen LogP contribution in [0.1, 0.15) is 40.3 Å². The number of nitrogens with two attached hydrogens (primary N) is 1. The van der Waals surface area contributed by atoms with E-state index in [-0.39, 0.29) is 18.3 Å². The van der Waals surface area contributed by atoms with Gasteiger partial charge < -0.3 is 36.9 Å². The molecule has 5 atom stereocenters. The lowest BCUT2D eigenvalue weighted by Gasteiger charge is -2.27. The van der Waals surface area contributed by atoms with E-state index in [1.54, 1.807) is 27.7 Å². The Morgan fingerprint density at radius 3 is 1.97 bits per heavy atom. The molecule has 12 heteroatoms. The molecule has 180 valence electrons. The summed E-state index contributed by atoms with van der Waals surface area (Å²) in [6, 6.07) is -4.54.